The van der Waals surface area contributed by atoms with Gasteiger partial charge in [-0.25, -0.2) is 0 Å². The first-order valence-electron chi connectivity index (χ1n) is 10.3. The van der Waals surface area contributed by atoms with Gasteiger partial charge in [0.2, 0.25) is 5.91 Å². The Hall–Kier alpha value is -4.14. The van der Waals surface area contributed by atoms with Crippen LogP contribution in [0.1, 0.15) is 28.7 Å². The molecule has 0 fully saturated rings. The average molecular weight is 450 g/mol. The molecule has 0 spiro atoms. The number of aromatic nitrogens is 1. The fraction of sp³-hybridized carbons (Fsp3) is 0.250. The van der Waals surface area contributed by atoms with Crippen LogP contribution in [0.2, 0.25) is 0 Å². The van der Waals surface area contributed by atoms with Gasteiger partial charge in [0.25, 0.3) is 5.91 Å². The van der Waals surface area contributed by atoms with E-state index < -0.39 is 11.9 Å². The molecule has 33 heavy (non-hydrogen) atoms. The van der Waals surface area contributed by atoms with Crippen molar-refractivity contribution in [2.45, 2.75) is 19.4 Å². The molecule has 0 aliphatic rings. The molecule has 1 heterocycles. The van der Waals surface area contributed by atoms with Crippen LogP contribution in [0.3, 0.4) is 0 Å². The third kappa shape index (κ3) is 6.67. The van der Waals surface area contributed by atoms with Crippen molar-refractivity contribution in [3.8, 4) is 5.75 Å². The van der Waals surface area contributed by atoms with E-state index >= 15 is 0 Å². The molecule has 0 radical (unpaired) electrons. The molecule has 1 aromatic heterocycles. The second-order valence-corrected chi connectivity index (χ2v) is 7.63. The molecule has 0 unspecified atom stereocenters. The lowest BCUT2D eigenvalue weighted by atomic mass is 10.1. The Balaban J connectivity index is 1.61. The highest BCUT2D eigenvalue weighted by molar-refractivity contribution is 5.94. The fourth-order valence-corrected chi connectivity index (χ4v) is 3.11. The van der Waals surface area contributed by atoms with E-state index in [1.54, 1.807) is 24.3 Å². The molecule has 0 aliphatic heterocycles. The minimum absolute atomic E-state index is 0.0791. The lowest BCUT2D eigenvalue weighted by Crippen LogP contribution is -2.40. The van der Waals surface area contributed by atoms with Crippen LogP contribution in [0, 0.1) is 0 Å². The predicted octanol–water partition coefficient (Wildman–Crippen LogP) is 2.67. The van der Waals surface area contributed by atoms with Gasteiger partial charge in [0.15, 0.2) is 5.69 Å². The molecule has 0 aliphatic carbocycles. The van der Waals surface area contributed by atoms with Gasteiger partial charge in [0, 0.05) is 39.2 Å². The van der Waals surface area contributed by atoms with Crippen LogP contribution in [0.5, 0.6) is 5.75 Å². The topological polar surface area (TPSA) is 114 Å². The van der Waals surface area contributed by atoms with Crippen molar-refractivity contribution < 1.29 is 23.6 Å². The number of anilines is 2. The second kappa shape index (κ2) is 10.9. The zero-order valence-corrected chi connectivity index (χ0v) is 18.7. The zero-order valence-electron chi connectivity index (χ0n) is 18.7. The Morgan fingerprint density at radius 2 is 1.91 bits per heavy atom. The standard InChI is InChI=1S/C24H26N4O5/c1-16(30)25-18-9-10-23(22(12-18)28(2)3)32-15-19(14-29)26-24(31)21-13-20(33-27-21)11-17-7-5-4-6-8-17/h4-10,12-14,19H,11,15H2,1-3H3,(H,25,30)(H,26,31)/t19-/m1/s1. The third-order valence-electron chi connectivity index (χ3n) is 4.67. The van der Waals surface area contributed by atoms with Crippen molar-refractivity contribution in [2.75, 3.05) is 30.9 Å². The monoisotopic (exact) mass is 450 g/mol. The number of rotatable bonds is 10. The lowest BCUT2D eigenvalue weighted by Gasteiger charge is -2.20. The number of hydrogen-bond acceptors (Lipinski definition) is 7. The summed E-state index contributed by atoms with van der Waals surface area (Å²) in [4.78, 5) is 37.2. The molecule has 172 valence electrons. The first-order valence-corrected chi connectivity index (χ1v) is 10.3. The summed E-state index contributed by atoms with van der Waals surface area (Å²) in [6.45, 7) is 1.35. The number of amides is 2. The molecule has 3 rings (SSSR count). The molecule has 3 aromatic rings. The largest absolute Gasteiger partial charge is 0.489 e. The molecule has 2 amide bonds. The quantitative estimate of drug-likeness (QED) is 0.457. The van der Waals surface area contributed by atoms with Gasteiger partial charge in [-0.3, -0.25) is 9.59 Å². The van der Waals surface area contributed by atoms with E-state index in [1.165, 1.54) is 6.92 Å². The van der Waals surface area contributed by atoms with Crippen LogP contribution in [-0.4, -0.2) is 50.0 Å². The smallest absolute Gasteiger partial charge is 0.274 e. The normalized spacial score (nSPS) is 11.4. The van der Waals surface area contributed by atoms with E-state index in [4.69, 9.17) is 9.26 Å². The van der Waals surface area contributed by atoms with Crippen molar-refractivity contribution in [3.63, 3.8) is 0 Å². The SMILES string of the molecule is CC(=O)Nc1ccc(OC[C@@H](C=O)NC(=O)c2cc(Cc3ccccc3)on2)c(N(C)C)c1. The summed E-state index contributed by atoms with van der Waals surface area (Å²) in [6, 6.07) is 15.5. The third-order valence-corrected chi connectivity index (χ3v) is 4.67. The lowest BCUT2D eigenvalue weighted by molar-refractivity contribution is -0.114. The van der Waals surface area contributed by atoms with Crippen LogP contribution in [0.15, 0.2) is 59.1 Å². The van der Waals surface area contributed by atoms with Crippen molar-refractivity contribution in [1.82, 2.24) is 10.5 Å². The van der Waals surface area contributed by atoms with Gasteiger partial charge in [0.1, 0.15) is 30.4 Å². The Kier molecular flexibility index (Phi) is 7.80. The van der Waals surface area contributed by atoms with E-state index in [0.717, 1.165) is 5.56 Å². The fourth-order valence-electron chi connectivity index (χ4n) is 3.11. The van der Waals surface area contributed by atoms with Gasteiger partial charge >= 0.3 is 0 Å². The van der Waals surface area contributed by atoms with E-state index in [9.17, 15) is 14.4 Å². The van der Waals surface area contributed by atoms with Crippen molar-refractivity contribution in [2.24, 2.45) is 0 Å². The van der Waals surface area contributed by atoms with Crippen LogP contribution in [-0.2, 0) is 16.0 Å². The van der Waals surface area contributed by atoms with Crippen LogP contribution in [0.25, 0.3) is 0 Å². The number of carbonyl (C=O) groups excluding carboxylic acids is 3. The summed E-state index contributed by atoms with van der Waals surface area (Å²) < 4.78 is 11.0. The summed E-state index contributed by atoms with van der Waals surface area (Å²) in [7, 11) is 3.66. The van der Waals surface area contributed by atoms with Gasteiger partial charge in [-0.1, -0.05) is 35.5 Å². The molecule has 2 aromatic carbocycles. The highest BCUT2D eigenvalue weighted by atomic mass is 16.5. The molecule has 1 atom stereocenters. The number of hydrogen-bond donors (Lipinski definition) is 2. The van der Waals surface area contributed by atoms with Gasteiger partial charge in [-0.05, 0) is 23.8 Å². The number of nitrogens with one attached hydrogen (secondary N) is 2. The molecule has 9 nitrogen and oxygen atoms in total. The molecule has 2 N–H and O–H groups in total. The van der Waals surface area contributed by atoms with Crippen LogP contribution < -0.4 is 20.3 Å². The minimum atomic E-state index is -0.892. The van der Waals surface area contributed by atoms with Gasteiger partial charge < -0.3 is 29.6 Å². The van der Waals surface area contributed by atoms with E-state index in [2.05, 4.69) is 15.8 Å². The number of aldehydes is 1. The molecule has 9 heteroatoms. The molecular weight excluding hydrogens is 424 g/mol. The molecular formula is C24H26N4O5. The minimum Gasteiger partial charge on any atom is -0.489 e. The summed E-state index contributed by atoms with van der Waals surface area (Å²) in [5.74, 6) is 0.325. The Bertz CT molecular complexity index is 1110. The van der Waals surface area contributed by atoms with Crippen LogP contribution in [0.4, 0.5) is 11.4 Å². The van der Waals surface area contributed by atoms with E-state index in [1.807, 2.05) is 49.3 Å². The number of ether oxygens (including phenoxy) is 1. The van der Waals surface area contributed by atoms with Crippen LogP contribution >= 0.6 is 0 Å². The second-order valence-electron chi connectivity index (χ2n) is 7.63. The maximum Gasteiger partial charge on any atom is 0.274 e. The first-order chi connectivity index (χ1) is 15.9. The molecule has 0 bridgehead atoms. The first kappa shape index (κ1) is 23.5. The zero-order chi connectivity index (χ0) is 23.8. The Morgan fingerprint density at radius 1 is 1.15 bits per heavy atom. The highest BCUT2D eigenvalue weighted by Gasteiger charge is 2.19. The number of carbonyl (C=O) groups is 3. The number of benzene rings is 2. The maximum absolute atomic E-state index is 12.5. The van der Waals surface area contributed by atoms with Gasteiger partial charge in [-0.15, -0.1) is 0 Å². The Labute approximate surface area is 191 Å². The van der Waals surface area contributed by atoms with Gasteiger partial charge in [0.05, 0.1) is 5.69 Å². The van der Waals surface area contributed by atoms with Crippen molar-refractivity contribution >= 4 is 29.5 Å². The molecule has 0 saturated heterocycles. The summed E-state index contributed by atoms with van der Waals surface area (Å²) in [5.41, 5.74) is 2.44. The summed E-state index contributed by atoms with van der Waals surface area (Å²) in [6.07, 6.45) is 1.10. The van der Waals surface area contributed by atoms with E-state index in [-0.39, 0.29) is 18.2 Å². The van der Waals surface area contributed by atoms with Crippen molar-refractivity contribution in [1.29, 1.82) is 0 Å². The van der Waals surface area contributed by atoms with Gasteiger partial charge in [-0.2, -0.15) is 0 Å². The predicted molar refractivity (Wildman–Crippen MR) is 124 cm³/mol. The summed E-state index contributed by atoms with van der Waals surface area (Å²) >= 11 is 0. The number of nitrogens with zero attached hydrogens (tertiary/aromatic N) is 2. The summed E-state index contributed by atoms with van der Waals surface area (Å²) in [5, 5.41) is 9.11. The van der Waals surface area contributed by atoms with E-state index in [0.29, 0.717) is 35.6 Å². The van der Waals surface area contributed by atoms with Crippen molar-refractivity contribution in [3.05, 3.63) is 71.6 Å². The molecule has 0 saturated carbocycles. The maximum atomic E-state index is 12.5. The average Bonchev–Trinajstić information content (AvgIpc) is 3.26. The Morgan fingerprint density at radius 3 is 2.58 bits per heavy atom. The highest BCUT2D eigenvalue weighted by Crippen LogP contribution is 2.30.